The van der Waals surface area contributed by atoms with E-state index in [1.165, 1.54) is 0 Å². The van der Waals surface area contributed by atoms with E-state index in [9.17, 15) is 13.2 Å². The van der Waals surface area contributed by atoms with Gasteiger partial charge in [0, 0.05) is 6.54 Å². The normalized spacial score (nSPS) is 19.6. The Morgan fingerprint density at radius 3 is 2.31 bits per heavy atom. The number of alkyl halides is 3. The molecule has 1 saturated heterocycles. The second kappa shape index (κ2) is 4.81. The molecule has 78 valence electrons. The summed E-state index contributed by atoms with van der Waals surface area (Å²) < 4.78 is 39.3. The fourth-order valence-electron chi connectivity index (χ4n) is 1.39. The van der Waals surface area contributed by atoms with Gasteiger partial charge in [-0.3, -0.25) is 0 Å². The van der Waals surface area contributed by atoms with E-state index in [0.717, 1.165) is 25.9 Å². The Labute approximate surface area is 75.7 Å². The first-order chi connectivity index (χ1) is 6.08. The van der Waals surface area contributed by atoms with Crippen LogP contribution in [0.25, 0.3) is 0 Å². The summed E-state index contributed by atoms with van der Waals surface area (Å²) in [7, 11) is 0. The van der Waals surface area contributed by atoms with Crippen molar-refractivity contribution in [2.24, 2.45) is 0 Å². The highest BCUT2D eigenvalue weighted by molar-refractivity contribution is 4.65. The van der Waals surface area contributed by atoms with Gasteiger partial charge in [0.1, 0.15) is 6.61 Å². The molecule has 0 aromatic carbocycles. The van der Waals surface area contributed by atoms with Crippen molar-refractivity contribution in [2.45, 2.75) is 19.0 Å². The molecule has 1 aliphatic heterocycles. The third kappa shape index (κ3) is 5.10. The number of hydrogen-bond donors (Lipinski definition) is 0. The van der Waals surface area contributed by atoms with Crippen LogP contribution in [-0.4, -0.2) is 43.9 Å². The highest BCUT2D eigenvalue weighted by Crippen LogP contribution is 2.14. The molecule has 1 aliphatic rings. The lowest BCUT2D eigenvalue weighted by Gasteiger charge is -2.14. The number of rotatable bonds is 4. The second-order valence-corrected chi connectivity index (χ2v) is 3.22. The quantitative estimate of drug-likeness (QED) is 0.635. The van der Waals surface area contributed by atoms with E-state index < -0.39 is 12.8 Å². The first-order valence-corrected chi connectivity index (χ1v) is 4.45. The van der Waals surface area contributed by atoms with Gasteiger partial charge in [0.25, 0.3) is 0 Å². The minimum Gasteiger partial charge on any atom is -0.371 e. The van der Waals surface area contributed by atoms with Crippen LogP contribution in [0.1, 0.15) is 12.8 Å². The van der Waals surface area contributed by atoms with E-state index in [-0.39, 0.29) is 6.61 Å². The van der Waals surface area contributed by atoms with Crippen molar-refractivity contribution in [1.82, 2.24) is 4.90 Å². The highest BCUT2D eigenvalue weighted by atomic mass is 19.4. The van der Waals surface area contributed by atoms with Gasteiger partial charge in [-0.2, -0.15) is 13.2 Å². The van der Waals surface area contributed by atoms with Gasteiger partial charge in [-0.05, 0) is 25.9 Å². The summed E-state index contributed by atoms with van der Waals surface area (Å²) in [6.07, 6.45) is -1.89. The van der Waals surface area contributed by atoms with Crippen molar-refractivity contribution in [3.63, 3.8) is 0 Å². The van der Waals surface area contributed by atoms with Gasteiger partial charge in [-0.1, -0.05) is 0 Å². The third-order valence-electron chi connectivity index (χ3n) is 2.02. The van der Waals surface area contributed by atoms with Crippen molar-refractivity contribution in [1.29, 1.82) is 0 Å². The van der Waals surface area contributed by atoms with E-state index in [2.05, 4.69) is 9.64 Å². The number of nitrogens with zero attached hydrogens (tertiary/aromatic N) is 1. The molecule has 0 spiro atoms. The fraction of sp³-hybridized carbons (Fsp3) is 1.00. The molecule has 0 amide bonds. The number of ether oxygens (including phenoxy) is 1. The first-order valence-electron chi connectivity index (χ1n) is 4.45. The van der Waals surface area contributed by atoms with Gasteiger partial charge in [0.05, 0.1) is 6.61 Å². The molecule has 0 aliphatic carbocycles. The molecule has 1 heterocycles. The molecule has 0 aromatic heterocycles. The van der Waals surface area contributed by atoms with Crippen LogP contribution in [0.2, 0.25) is 0 Å². The maximum absolute atomic E-state index is 11.6. The molecule has 0 bridgehead atoms. The Hall–Kier alpha value is -0.290. The van der Waals surface area contributed by atoms with Gasteiger partial charge in [-0.15, -0.1) is 0 Å². The van der Waals surface area contributed by atoms with Crippen LogP contribution in [-0.2, 0) is 4.74 Å². The predicted molar refractivity (Wildman–Crippen MR) is 42.5 cm³/mol. The molecule has 1 fully saturated rings. The van der Waals surface area contributed by atoms with Crippen molar-refractivity contribution in [3.8, 4) is 0 Å². The summed E-state index contributed by atoms with van der Waals surface area (Å²) >= 11 is 0. The Kier molecular flexibility index (Phi) is 3.99. The van der Waals surface area contributed by atoms with Gasteiger partial charge in [0.2, 0.25) is 0 Å². The van der Waals surface area contributed by atoms with E-state index in [1.54, 1.807) is 0 Å². The fourth-order valence-corrected chi connectivity index (χ4v) is 1.39. The number of hydrogen-bond acceptors (Lipinski definition) is 2. The number of halogens is 3. The summed E-state index contributed by atoms with van der Waals surface area (Å²) in [6, 6.07) is 0. The zero-order valence-electron chi connectivity index (χ0n) is 7.44. The zero-order valence-corrected chi connectivity index (χ0v) is 7.44. The molecular formula is C8H14F3NO. The molecule has 0 radical (unpaired) electrons. The van der Waals surface area contributed by atoms with E-state index in [4.69, 9.17) is 0 Å². The number of likely N-dealkylation sites (tertiary alicyclic amines) is 1. The van der Waals surface area contributed by atoms with Gasteiger partial charge in [0.15, 0.2) is 0 Å². The molecule has 0 aromatic rings. The molecule has 0 N–H and O–H groups in total. The van der Waals surface area contributed by atoms with Crippen LogP contribution >= 0.6 is 0 Å². The Morgan fingerprint density at radius 1 is 1.15 bits per heavy atom. The SMILES string of the molecule is FC(F)(F)COCCN1CCCC1. The maximum Gasteiger partial charge on any atom is 0.411 e. The lowest BCUT2D eigenvalue weighted by molar-refractivity contribution is -0.174. The molecule has 0 atom stereocenters. The molecule has 13 heavy (non-hydrogen) atoms. The van der Waals surface area contributed by atoms with Crippen molar-refractivity contribution < 1.29 is 17.9 Å². The monoisotopic (exact) mass is 197 g/mol. The smallest absolute Gasteiger partial charge is 0.371 e. The lowest BCUT2D eigenvalue weighted by atomic mass is 10.4. The molecule has 0 unspecified atom stereocenters. The van der Waals surface area contributed by atoms with E-state index in [0.29, 0.717) is 6.54 Å². The Morgan fingerprint density at radius 2 is 1.77 bits per heavy atom. The zero-order chi connectivity index (χ0) is 9.73. The van der Waals surface area contributed by atoms with E-state index >= 15 is 0 Å². The topological polar surface area (TPSA) is 12.5 Å². The van der Waals surface area contributed by atoms with Gasteiger partial charge in [-0.25, -0.2) is 0 Å². The van der Waals surface area contributed by atoms with Crippen LogP contribution in [0.3, 0.4) is 0 Å². The molecule has 5 heteroatoms. The maximum atomic E-state index is 11.6. The van der Waals surface area contributed by atoms with E-state index in [1.807, 2.05) is 0 Å². The minimum absolute atomic E-state index is 0.180. The second-order valence-electron chi connectivity index (χ2n) is 3.22. The average Bonchev–Trinajstić information content (AvgIpc) is 2.48. The van der Waals surface area contributed by atoms with Gasteiger partial charge < -0.3 is 9.64 Å². The first kappa shape index (κ1) is 10.8. The summed E-state index contributed by atoms with van der Waals surface area (Å²) in [5, 5.41) is 0. The minimum atomic E-state index is -4.19. The standard InChI is InChI=1S/C8H14F3NO/c9-8(10,11)7-13-6-5-12-3-1-2-4-12/h1-7H2. The predicted octanol–water partition coefficient (Wildman–Crippen LogP) is 1.66. The van der Waals surface area contributed by atoms with Crippen LogP contribution in [0.5, 0.6) is 0 Å². The average molecular weight is 197 g/mol. The van der Waals surface area contributed by atoms with Crippen LogP contribution in [0.4, 0.5) is 13.2 Å². The lowest BCUT2D eigenvalue weighted by Crippen LogP contribution is -2.26. The molecule has 0 saturated carbocycles. The highest BCUT2D eigenvalue weighted by Gasteiger charge is 2.27. The molecule has 1 rings (SSSR count). The summed E-state index contributed by atoms with van der Waals surface area (Å²) in [5.41, 5.74) is 0. The summed E-state index contributed by atoms with van der Waals surface area (Å²) in [6.45, 7) is 1.67. The van der Waals surface area contributed by atoms with Crippen LogP contribution in [0.15, 0.2) is 0 Å². The van der Waals surface area contributed by atoms with Crippen molar-refractivity contribution >= 4 is 0 Å². The summed E-state index contributed by atoms with van der Waals surface area (Å²) in [4.78, 5) is 2.12. The van der Waals surface area contributed by atoms with Crippen molar-refractivity contribution in [3.05, 3.63) is 0 Å². The molecular weight excluding hydrogens is 183 g/mol. The van der Waals surface area contributed by atoms with Crippen LogP contribution < -0.4 is 0 Å². The Balaban J connectivity index is 1.94. The Bertz CT molecular complexity index is 143. The van der Waals surface area contributed by atoms with Gasteiger partial charge >= 0.3 is 6.18 Å². The summed E-state index contributed by atoms with van der Waals surface area (Å²) in [5.74, 6) is 0. The van der Waals surface area contributed by atoms with Crippen molar-refractivity contribution in [2.75, 3.05) is 32.8 Å². The molecule has 2 nitrogen and oxygen atoms in total. The third-order valence-corrected chi connectivity index (χ3v) is 2.02. The van der Waals surface area contributed by atoms with Crippen LogP contribution in [0, 0.1) is 0 Å². The largest absolute Gasteiger partial charge is 0.411 e.